The van der Waals surface area contributed by atoms with Crippen molar-refractivity contribution in [2.75, 3.05) is 13.7 Å². The van der Waals surface area contributed by atoms with Crippen LogP contribution in [-0.4, -0.2) is 25.9 Å². The van der Waals surface area contributed by atoms with Crippen molar-refractivity contribution in [3.63, 3.8) is 0 Å². The standard InChI is InChI=1S/C15H22FNO2/c1-18-15-8-5-12(16)9-11(15)3-2-4-13-6-7-14(10-17)19-13/h5,8-9,13-14H,2-4,6-7,10,17H2,1H3/t13-,14-/m0/s1. The number of rotatable bonds is 6. The van der Waals surface area contributed by atoms with Crippen molar-refractivity contribution in [1.29, 1.82) is 0 Å². The molecular formula is C15H22FNO2. The minimum Gasteiger partial charge on any atom is -0.496 e. The molecule has 0 amide bonds. The van der Waals surface area contributed by atoms with Gasteiger partial charge in [0.05, 0.1) is 19.3 Å². The fourth-order valence-electron chi connectivity index (χ4n) is 2.63. The molecule has 0 aliphatic carbocycles. The van der Waals surface area contributed by atoms with Crippen LogP contribution in [0.3, 0.4) is 0 Å². The van der Waals surface area contributed by atoms with Gasteiger partial charge in [-0.2, -0.15) is 0 Å². The molecule has 1 aromatic carbocycles. The van der Waals surface area contributed by atoms with E-state index in [0.717, 1.165) is 43.4 Å². The number of aryl methyl sites for hydroxylation is 1. The molecule has 1 aliphatic rings. The van der Waals surface area contributed by atoms with Crippen LogP contribution in [0.1, 0.15) is 31.2 Å². The molecule has 0 saturated carbocycles. The molecule has 2 rings (SSSR count). The van der Waals surface area contributed by atoms with Crippen molar-refractivity contribution < 1.29 is 13.9 Å². The van der Waals surface area contributed by atoms with Crippen LogP contribution in [0.2, 0.25) is 0 Å². The number of benzene rings is 1. The summed E-state index contributed by atoms with van der Waals surface area (Å²) < 4.78 is 24.3. The molecule has 1 heterocycles. The van der Waals surface area contributed by atoms with Gasteiger partial charge in [0.1, 0.15) is 11.6 Å². The van der Waals surface area contributed by atoms with Crippen molar-refractivity contribution in [3.05, 3.63) is 29.6 Å². The third-order valence-electron chi connectivity index (χ3n) is 3.67. The first kappa shape index (κ1) is 14.3. The molecule has 1 aliphatic heterocycles. The average Bonchev–Trinajstić information content (AvgIpc) is 2.87. The largest absolute Gasteiger partial charge is 0.496 e. The SMILES string of the molecule is COc1ccc(F)cc1CCC[C@H]1CC[C@@H](CN)O1. The van der Waals surface area contributed by atoms with Crippen molar-refractivity contribution in [1.82, 2.24) is 0 Å². The lowest BCUT2D eigenvalue weighted by Crippen LogP contribution is -2.20. The van der Waals surface area contributed by atoms with E-state index < -0.39 is 0 Å². The lowest BCUT2D eigenvalue weighted by Gasteiger charge is -2.13. The average molecular weight is 267 g/mol. The molecule has 3 nitrogen and oxygen atoms in total. The summed E-state index contributed by atoms with van der Waals surface area (Å²) in [6.45, 7) is 0.605. The summed E-state index contributed by atoms with van der Waals surface area (Å²) in [5.41, 5.74) is 6.51. The molecule has 0 radical (unpaired) electrons. The normalized spacial score (nSPS) is 22.7. The third-order valence-corrected chi connectivity index (χ3v) is 3.67. The molecule has 0 bridgehead atoms. The molecule has 19 heavy (non-hydrogen) atoms. The Morgan fingerprint density at radius 2 is 2.16 bits per heavy atom. The Bertz CT molecular complexity index is 411. The molecular weight excluding hydrogens is 245 g/mol. The number of hydrogen-bond acceptors (Lipinski definition) is 3. The Labute approximate surface area is 113 Å². The highest BCUT2D eigenvalue weighted by Gasteiger charge is 2.23. The highest BCUT2D eigenvalue weighted by atomic mass is 19.1. The molecule has 106 valence electrons. The first-order chi connectivity index (χ1) is 9.22. The number of ether oxygens (including phenoxy) is 2. The quantitative estimate of drug-likeness (QED) is 0.861. The Kier molecular flexibility index (Phi) is 5.16. The summed E-state index contributed by atoms with van der Waals surface area (Å²) in [4.78, 5) is 0. The highest BCUT2D eigenvalue weighted by molar-refractivity contribution is 5.33. The van der Waals surface area contributed by atoms with Gasteiger partial charge in [-0.05, 0) is 55.9 Å². The second-order valence-corrected chi connectivity index (χ2v) is 5.04. The second kappa shape index (κ2) is 6.87. The van der Waals surface area contributed by atoms with Crippen LogP contribution in [0.5, 0.6) is 5.75 Å². The summed E-state index contributed by atoms with van der Waals surface area (Å²) in [6, 6.07) is 4.66. The molecule has 1 aromatic rings. The zero-order chi connectivity index (χ0) is 13.7. The molecule has 0 aromatic heterocycles. The van der Waals surface area contributed by atoms with Crippen molar-refractivity contribution in [2.24, 2.45) is 5.73 Å². The summed E-state index contributed by atoms with van der Waals surface area (Å²) in [7, 11) is 1.61. The van der Waals surface area contributed by atoms with E-state index in [2.05, 4.69) is 0 Å². The third kappa shape index (κ3) is 3.91. The number of halogens is 1. The van der Waals surface area contributed by atoms with Gasteiger partial charge in [0.25, 0.3) is 0 Å². The Morgan fingerprint density at radius 1 is 1.37 bits per heavy atom. The minimum absolute atomic E-state index is 0.212. The zero-order valence-corrected chi connectivity index (χ0v) is 11.4. The van der Waals surface area contributed by atoms with Crippen LogP contribution in [0.25, 0.3) is 0 Å². The van der Waals surface area contributed by atoms with Crippen LogP contribution in [-0.2, 0) is 11.2 Å². The van der Waals surface area contributed by atoms with E-state index >= 15 is 0 Å². The minimum atomic E-state index is -0.212. The van der Waals surface area contributed by atoms with Crippen LogP contribution in [0, 0.1) is 5.82 Å². The fraction of sp³-hybridized carbons (Fsp3) is 0.600. The molecule has 2 N–H and O–H groups in total. The second-order valence-electron chi connectivity index (χ2n) is 5.04. The molecule has 1 saturated heterocycles. The monoisotopic (exact) mass is 267 g/mol. The summed E-state index contributed by atoms with van der Waals surface area (Å²) in [6.07, 6.45) is 5.47. The van der Waals surface area contributed by atoms with Gasteiger partial charge >= 0.3 is 0 Å². The summed E-state index contributed by atoms with van der Waals surface area (Å²) in [5.74, 6) is 0.546. The van der Waals surface area contributed by atoms with Crippen LogP contribution < -0.4 is 10.5 Å². The lowest BCUT2D eigenvalue weighted by molar-refractivity contribution is 0.0445. The van der Waals surface area contributed by atoms with Gasteiger partial charge in [0.15, 0.2) is 0 Å². The van der Waals surface area contributed by atoms with Gasteiger partial charge in [-0.3, -0.25) is 0 Å². The Hall–Kier alpha value is -1.13. The number of methoxy groups -OCH3 is 1. The highest BCUT2D eigenvalue weighted by Crippen LogP contribution is 2.25. The van der Waals surface area contributed by atoms with Gasteiger partial charge in [0, 0.05) is 6.54 Å². The van der Waals surface area contributed by atoms with E-state index in [-0.39, 0.29) is 11.9 Å². The van der Waals surface area contributed by atoms with E-state index in [0.29, 0.717) is 12.6 Å². The van der Waals surface area contributed by atoms with Gasteiger partial charge in [0.2, 0.25) is 0 Å². The van der Waals surface area contributed by atoms with E-state index in [4.69, 9.17) is 15.2 Å². The number of nitrogens with two attached hydrogens (primary N) is 1. The Morgan fingerprint density at radius 3 is 2.84 bits per heavy atom. The van der Waals surface area contributed by atoms with Gasteiger partial charge in [-0.25, -0.2) is 4.39 Å². The van der Waals surface area contributed by atoms with Crippen molar-refractivity contribution >= 4 is 0 Å². The number of hydrogen-bond donors (Lipinski definition) is 1. The van der Waals surface area contributed by atoms with Gasteiger partial charge in [-0.1, -0.05) is 0 Å². The maximum absolute atomic E-state index is 13.2. The summed E-state index contributed by atoms with van der Waals surface area (Å²) >= 11 is 0. The van der Waals surface area contributed by atoms with Crippen LogP contribution in [0.4, 0.5) is 4.39 Å². The zero-order valence-electron chi connectivity index (χ0n) is 11.4. The fourth-order valence-corrected chi connectivity index (χ4v) is 2.63. The first-order valence-corrected chi connectivity index (χ1v) is 6.91. The summed E-state index contributed by atoms with van der Waals surface area (Å²) in [5, 5.41) is 0. The molecule has 4 heteroatoms. The van der Waals surface area contributed by atoms with E-state index in [1.807, 2.05) is 0 Å². The molecule has 0 unspecified atom stereocenters. The smallest absolute Gasteiger partial charge is 0.123 e. The van der Waals surface area contributed by atoms with E-state index in [1.54, 1.807) is 19.2 Å². The maximum atomic E-state index is 13.2. The van der Waals surface area contributed by atoms with Gasteiger partial charge in [-0.15, -0.1) is 0 Å². The van der Waals surface area contributed by atoms with Crippen molar-refractivity contribution in [2.45, 2.75) is 44.3 Å². The molecule has 1 fully saturated rings. The Balaban J connectivity index is 1.81. The van der Waals surface area contributed by atoms with Crippen molar-refractivity contribution in [3.8, 4) is 5.75 Å². The molecule has 2 atom stereocenters. The predicted octanol–water partition coefficient (Wildman–Crippen LogP) is 2.66. The maximum Gasteiger partial charge on any atom is 0.123 e. The van der Waals surface area contributed by atoms with Crippen LogP contribution >= 0.6 is 0 Å². The van der Waals surface area contributed by atoms with Gasteiger partial charge < -0.3 is 15.2 Å². The topological polar surface area (TPSA) is 44.5 Å². The van der Waals surface area contributed by atoms with E-state index in [9.17, 15) is 4.39 Å². The predicted molar refractivity (Wildman–Crippen MR) is 72.8 cm³/mol. The first-order valence-electron chi connectivity index (χ1n) is 6.91. The lowest BCUT2D eigenvalue weighted by atomic mass is 10.0. The van der Waals surface area contributed by atoms with E-state index in [1.165, 1.54) is 6.07 Å². The van der Waals surface area contributed by atoms with Crippen LogP contribution in [0.15, 0.2) is 18.2 Å². The molecule has 0 spiro atoms.